The van der Waals surface area contributed by atoms with E-state index in [-0.39, 0.29) is 32.1 Å². The fraction of sp³-hybridized carbons (Fsp3) is 0. The van der Waals surface area contributed by atoms with Gasteiger partial charge in [0.05, 0.1) is 32.3 Å². The van der Waals surface area contributed by atoms with E-state index in [1.807, 2.05) is 6.07 Å². The van der Waals surface area contributed by atoms with E-state index in [1.54, 1.807) is 42.5 Å². The Bertz CT molecular complexity index is 1140. The van der Waals surface area contributed by atoms with Crippen molar-refractivity contribution < 1.29 is 14.3 Å². The van der Waals surface area contributed by atoms with Gasteiger partial charge in [0.1, 0.15) is 5.75 Å². The summed E-state index contributed by atoms with van der Waals surface area (Å²) in [5.74, 6) is -0.0428. The van der Waals surface area contributed by atoms with E-state index in [1.165, 1.54) is 18.2 Å². The molecule has 0 aliphatic carbocycles. The van der Waals surface area contributed by atoms with Gasteiger partial charge in [0.25, 0.3) is 5.91 Å². The summed E-state index contributed by atoms with van der Waals surface area (Å²) in [5, 5.41) is 14.0. The number of halogens is 3. The zero-order valence-corrected chi connectivity index (χ0v) is 17.3. The third kappa shape index (κ3) is 5.22. The molecule has 0 saturated heterocycles. The Hall–Kier alpha value is -3.24. The van der Waals surface area contributed by atoms with E-state index in [2.05, 4.69) is 10.6 Å². The molecule has 0 spiro atoms. The first-order valence-electron chi connectivity index (χ1n) is 8.41. The first-order valence-corrected chi connectivity index (χ1v) is 9.54. The van der Waals surface area contributed by atoms with Crippen molar-refractivity contribution in [2.45, 2.75) is 0 Å². The molecule has 3 aromatic rings. The van der Waals surface area contributed by atoms with Crippen molar-refractivity contribution in [3.05, 3.63) is 86.9 Å². The summed E-state index contributed by atoms with van der Waals surface area (Å²) < 4.78 is 5.66. The van der Waals surface area contributed by atoms with Gasteiger partial charge in [-0.25, -0.2) is 4.79 Å². The Labute approximate surface area is 186 Å². The van der Waals surface area contributed by atoms with Crippen LogP contribution in [-0.2, 0) is 0 Å². The molecular formula is C21H12Cl3N3O3. The number of carbonyl (C=O) groups is 2. The highest BCUT2D eigenvalue weighted by Crippen LogP contribution is 2.38. The van der Waals surface area contributed by atoms with Crippen molar-refractivity contribution >= 4 is 52.4 Å². The minimum Gasteiger partial charge on any atom is -0.454 e. The third-order valence-electron chi connectivity index (χ3n) is 3.81. The monoisotopic (exact) mass is 459 g/mol. The summed E-state index contributed by atoms with van der Waals surface area (Å²) in [5.41, 5.74) is 0.898. The van der Waals surface area contributed by atoms with Gasteiger partial charge in [0, 0.05) is 5.69 Å². The molecule has 0 radical (unpaired) electrons. The molecule has 0 unspecified atom stereocenters. The number of ether oxygens (including phenoxy) is 1. The van der Waals surface area contributed by atoms with E-state index in [0.29, 0.717) is 11.3 Å². The minimum atomic E-state index is -0.784. The number of hydrogen-bond acceptors (Lipinski definition) is 4. The van der Waals surface area contributed by atoms with Crippen LogP contribution in [0.3, 0.4) is 0 Å². The molecule has 0 aliphatic heterocycles. The molecule has 3 rings (SSSR count). The first-order chi connectivity index (χ1) is 14.4. The van der Waals surface area contributed by atoms with Crippen LogP contribution in [0.2, 0.25) is 15.1 Å². The highest BCUT2D eigenvalue weighted by molar-refractivity contribution is 6.38. The lowest BCUT2D eigenvalue weighted by molar-refractivity contribution is 0.0967. The van der Waals surface area contributed by atoms with Crippen LogP contribution in [0.1, 0.15) is 15.9 Å². The van der Waals surface area contributed by atoms with E-state index >= 15 is 0 Å². The number of amides is 3. The molecule has 0 fully saturated rings. The Balaban J connectivity index is 1.70. The highest BCUT2D eigenvalue weighted by Gasteiger charge is 2.16. The van der Waals surface area contributed by atoms with Crippen LogP contribution in [0.5, 0.6) is 11.5 Å². The topological polar surface area (TPSA) is 91.2 Å². The Morgan fingerprint density at radius 1 is 0.900 bits per heavy atom. The molecule has 2 N–H and O–H groups in total. The van der Waals surface area contributed by atoms with Gasteiger partial charge in [0.2, 0.25) is 0 Å². The number of carbonyl (C=O) groups excluding carboxylic acids is 2. The maximum absolute atomic E-state index is 12.2. The van der Waals surface area contributed by atoms with Gasteiger partial charge in [-0.05, 0) is 48.5 Å². The molecule has 3 amide bonds. The molecule has 3 aromatic carbocycles. The van der Waals surface area contributed by atoms with Gasteiger partial charge in [0.15, 0.2) is 5.75 Å². The smallest absolute Gasteiger partial charge is 0.326 e. The fourth-order valence-electron chi connectivity index (χ4n) is 2.42. The van der Waals surface area contributed by atoms with E-state index in [9.17, 15) is 9.59 Å². The van der Waals surface area contributed by atoms with Gasteiger partial charge < -0.3 is 10.1 Å². The minimum absolute atomic E-state index is 0.139. The van der Waals surface area contributed by atoms with Crippen LogP contribution in [0, 0.1) is 11.3 Å². The van der Waals surface area contributed by atoms with Crippen molar-refractivity contribution in [1.82, 2.24) is 5.32 Å². The number of anilines is 1. The number of hydrogen-bond donors (Lipinski definition) is 2. The Morgan fingerprint density at radius 2 is 1.53 bits per heavy atom. The lowest BCUT2D eigenvalue weighted by Gasteiger charge is -2.13. The summed E-state index contributed by atoms with van der Waals surface area (Å²) >= 11 is 18.4. The second-order valence-electron chi connectivity index (χ2n) is 5.90. The Morgan fingerprint density at radius 3 is 2.13 bits per heavy atom. The van der Waals surface area contributed by atoms with Crippen LogP contribution in [0.15, 0.2) is 60.7 Å². The normalized spacial score (nSPS) is 10.1. The van der Waals surface area contributed by atoms with Gasteiger partial charge in [-0.1, -0.05) is 46.9 Å². The van der Waals surface area contributed by atoms with Crippen LogP contribution < -0.4 is 15.4 Å². The predicted molar refractivity (Wildman–Crippen MR) is 116 cm³/mol. The largest absolute Gasteiger partial charge is 0.454 e. The standard InChI is InChI=1S/C21H12Cl3N3O3/c22-16-4-2-1-3-15(16)20(28)27-21(29)26-13-9-17(23)19(18(24)10-13)30-14-7-5-12(11-25)6-8-14/h1-10H,(H2,26,27,28,29). The van der Waals surface area contributed by atoms with Crippen molar-refractivity contribution in [1.29, 1.82) is 5.26 Å². The average molecular weight is 461 g/mol. The van der Waals surface area contributed by atoms with Crippen molar-refractivity contribution in [2.24, 2.45) is 0 Å². The zero-order valence-electron chi connectivity index (χ0n) is 15.1. The van der Waals surface area contributed by atoms with E-state index in [4.69, 9.17) is 44.8 Å². The van der Waals surface area contributed by atoms with Crippen LogP contribution in [0.4, 0.5) is 10.5 Å². The van der Waals surface area contributed by atoms with Crippen molar-refractivity contribution in [3.8, 4) is 17.6 Å². The first kappa shape index (κ1) is 21.5. The lowest BCUT2D eigenvalue weighted by atomic mass is 10.2. The van der Waals surface area contributed by atoms with Crippen molar-refractivity contribution in [2.75, 3.05) is 5.32 Å². The fourth-order valence-corrected chi connectivity index (χ4v) is 3.21. The molecule has 0 heterocycles. The summed E-state index contributed by atoms with van der Waals surface area (Å²) in [6.07, 6.45) is 0. The number of nitrogens with one attached hydrogen (secondary N) is 2. The number of rotatable bonds is 4. The molecule has 0 bridgehead atoms. The SMILES string of the molecule is N#Cc1ccc(Oc2c(Cl)cc(NC(=O)NC(=O)c3ccccc3Cl)cc2Cl)cc1. The molecule has 0 aliphatic rings. The van der Waals surface area contributed by atoms with Gasteiger partial charge >= 0.3 is 6.03 Å². The summed E-state index contributed by atoms with van der Waals surface area (Å²) in [6, 6.07) is 16.8. The Kier molecular flexibility index (Phi) is 6.80. The van der Waals surface area contributed by atoms with Crippen LogP contribution in [0.25, 0.3) is 0 Å². The van der Waals surface area contributed by atoms with E-state index < -0.39 is 11.9 Å². The van der Waals surface area contributed by atoms with Crippen LogP contribution >= 0.6 is 34.8 Å². The number of benzene rings is 3. The average Bonchev–Trinajstić information content (AvgIpc) is 2.71. The summed E-state index contributed by atoms with van der Waals surface area (Å²) in [7, 11) is 0. The summed E-state index contributed by atoms with van der Waals surface area (Å²) in [4.78, 5) is 24.3. The molecule has 0 aromatic heterocycles. The maximum Gasteiger partial charge on any atom is 0.326 e. The molecule has 30 heavy (non-hydrogen) atoms. The molecule has 6 nitrogen and oxygen atoms in total. The molecule has 9 heteroatoms. The second-order valence-corrected chi connectivity index (χ2v) is 7.12. The van der Waals surface area contributed by atoms with Gasteiger partial charge in [-0.2, -0.15) is 5.26 Å². The number of imide groups is 1. The van der Waals surface area contributed by atoms with E-state index in [0.717, 1.165) is 0 Å². The highest BCUT2D eigenvalue weighted by atomic mass is 35.5. The molecular weight excluding hydrogens is 449 g/mol. The molecule has 0 atom stereocenters. The molecule has 150 valence electrons. The lowest BCUT2D eigenvalue weighted by Crippen LogP contribution is -2.34. The number of nitriles is 1. The van der Waals surface area contributed by atoms with Gasteiger partial charge in [-0.15, -0.1) is 0 Å². The van der Waals surface area contributed by atoms with Gasteiger partial charge in [-0.3, -0.25) is 10.1 Å². The third-order valence-corrected chi connectivity index (χ3v) is 4.70. The van der Waals surface area contributed by atoms with Crippen LogP contribution in [-0.4, -0.2) is 11.9 Å². The number of urea groups is 1. The van der Waals surface area contributed by atoms with Crippen molar-refractivity contribution in [3.63, 3.8) is 0 Å². The quantitative estimate of drug-likeness (QED) is 0.480. The number of nitrogens with zero attached hydrogens (tertiary/aromatic N) is 1. The zero-order chi connectivity index (χ0) is 21.7. The predicted octanol–water partition coefficient (Wildman–Crippen LogP) is 6.27. The summed E-state index contributed by atoms with van der Waals surface area (Å²) in [6.45, 7) is 0. The maximum atomic E-state index is 12.2. The molecule has 0 saturated carbocycles. The second kappa shape index (κ2) is 9.51.